The van der Waals surface area contributed by atoms with E-state index >= 15 is 0 Å². The Morgan fingerprint density at radius 3 is 1.36 bits per heavy atom. The van der Waals surface area contributed by atoms with Crippen LogP contribution in [0.15, 0.2) is 121 Å². The van der Waals surface area contributed by atoms with E-state index in [-0.39, 0.29) is 49.7 Å². The lowest BCUT2D eigenvalue weighted by molar-refractivity contribution is 0.0927. The summed E-state index contributed by atoms with van der Waals surface area (Å²) in [7, 11) is 3.91. The van der Waals surface area contributed by atoms with Crippen molar-refractivity contribution in [3.8, 4) is 45.0 Å². The molecule has 0 unspecified atom stereocenters. The van der Waals surface area contributed by atoms with Gasteiger partial charge in [0.2, 0.25) is 0 Å². The van der Waals surface area contributed by atoms with Gasteiger partial charge < -0.3 is 42.1 Å². The smallest absolute Gasteiger partial charge is 0.251 e. The third kappa shape index (κ3) is 7.03. The number of rotatable bonds is 7. The lowest BCUT2D eigenvalue weighted by Crippen LogP contribution is -2.34. The lowest BCUT2D eigenvalue weighted by Gasteiger charge is -2.22. The molecule has 4 aliphatic rings. The van der Waals surface area contributed by atoms with Gasteiger partial charge >= 0.3 is 0 Å². The minimum Gasteiger partial charge on any atom is -0.399 e. The van der Waals surface area contributed by atoms with Crippen molar-refractivity contribution in [1.82, 2.24) is 19.8 Å². The summed E-state index contributed by atoms with van der Waals surface area (Å²) < 4.78 is 4.09. The fourth-order valence-electron chi connectivity index (χ4n) is 7.53. The van der Waals surface area contributed by atoms with E-state index in [9.17, 15) is 9.59 Å². The van der Waals surface area contributed by atoms with Crippen LogP contribution in [-0.4, -0.2) is 34.0 Å². The molecule has 0 atom stereocenters. The van der Waals surface area contributed by atoms with Gasteiger partial charge in [-0.05, 0) is 94.7 Å². The molecule has 4 aromatic rings. The quantitative estimate of drug-likeness (QED) is 0.0566. The maximum atomic E-state index is 13.4. The van der Waals surface area contributed by atoms with Crippen LogP contribution in [0.3, 0.4) is 0 Å². The second-order valence-electron chi connectivity index (χ2n) is 13.6. The first-order valence-corrected chi connectivity index (χ1v) is 17.6. The number of hydrogen-bond acceptors (Lipinski definition) is 6. The molecule has 0 radical (unpaired) electrons. The number of nitrogen functional groups attached to an aromatic ring is 2. The number of halogens is 2. The molecule has 282 valence electrons. The standard InChI is InChI=1S/C44H38N8O2.2ClH/c1-51-39-23-31(47)11-15-35(39)33-13-9-29(45)21-37(33)41(51)25-5-3-7-27(19-25)43(53)49-17-18-50-44(54)28-8-4-6-26(20-28)42-38-22-30(46)10-14-34(38)36-16-12-32(48)24-40(36)52(42)2;;/h3-16,19-24,47-48H,17-18,45-46H2,1-2H3,(H,49,53)(H,50,54);2*1H. The first-order chi connectivity index (χ1) is 26.1. The third-order valence-corrected chi connectivity index (χ3v) is 10.1. The molecule has 56 heavy (non-hydrogen) atoms. The molecule has 2 aliphatic heterocycles. The molecule has 8 rings (SSSR count). The molecular formula is C44H40Cl2N8O2. The number of fused-ring (bicyclic) bond motifs is 6. The Bertz CT molecular complexity index is 2690. The summed E-state index contributed by atoms with van der Waals surface area (Å²) in [6, 6.07) is 37.6. The van der Waals surface area contributed by atoms with Gasteiger partial charge in [0.15, 0.2) is 0 Å². The van der Waals surface area contributed by atoms with Crippen LogP contribution in [-0.2, 0) is 14.1 Å². The van der Waals surface area contributed by atoms with Gasteiger partial charge in [-0.2, -0.15) is 0 Å². The van der Waals surface area contributed by atoms with E-state index in [1.165, 1.54) is 0 Å². The van der Waals surface area contributed by atoms with E-state index in [1.54, 1.807) is 24.3 Å². The second kappa shape index (κ2) is 15.6. The van der Waals surface area contributed by atoms with Crippen LogP contribution in [0.4, 0.5) is 11.4 Å². The molecule has 0 saturated carbocycles. The zero-order chi connectivity index (χ0) is 37.7. The zero-order valence-electron chi connectivity index (χ0n) is 30.6. The predicted molar refractivity (Wildman–Crippen MR) is 230 cm³/mol. The van der Waals surface area contributed by atoms with E-state index < -0.39 is 0 Å². The topological polar surface area (TPSA) is 168 Å². The van der Waals surface area contributed by atoms with Gasteiger partial charge in [-0.15, -0.1) is 24.8 Å². The molecule has 4 aromatic carbocycles. The average Bonchev–Trinajstić information content (AvgIpc) is 3.17. The van der Waals surface area contributed by atoms with Crippen molar-refractivity contribution >= 4 is 69.5 Å². The molecule has 0 spiro atoms. The van der Waals surface area contributed by atoms with Crippen LogP contribution >= 0.6 is 24.8 Å². The number of benzene rings is 6. The number of pyridine rings is 2. The van der Waals surface area contributed by atoms with E-state index in [0.29, 0.717) is 33.2 Å². The number of nitrogens with two attached hydrogens (primary N) is 2. The molecule has 2 amide bonds. The molecule has 0 aromatic heterocycles. The van der Waals surface area contributed by atoms with Gasteiger partial charge in [-0.25, -0.2) is 0 Å². The van der Waals surface area contributed by atoms with E-state index in [2.05, 4.69) is 10.6 Å². The van der Waals surface area contributed by atoms with Crippen molar-refractivity contribution < 1.29 is 9.59 Å². The summed E-state index contributed by atoms with van der Waals surface area (Å²) in [5.41, 5.74) is 22.0. The molecule has 0 saturated heterocycles. The molecule has 0 fully saturated rings. The van der Waals surface area contributed by atoms with E-state index in [1.807, 2.05) is 120 Å². The summed E-state index contributed by atoms with van der Waals surface area (Å²) >= 11 is 0. The van der Waals surface area contributed by atoms with Crippen LogP contribution in [0, 0.1) is 10.8 Å². The van der Waals surface area contributed by atoms with Crippen molar-refractivity contribution in [2.24, 2.45) is 14.1 Å². The van der Waals surface area contributed by atoms with Gasteiger partial charge in [0, 0.05) is 71.6 Å². The Morgan fingerprint density at radius 2 is 0.946 bits per heavy atom. The average molecular weight is 784 g/mol. The first-order valence-electron chi connectivity index (χ1n) is 17.6. The maximum Gasteiger partial charge on any atom is 0.251 e. The number of anilines is 2. The fourth-order valence-corrected chi connectivity index (χ4v) is 7.53. The van der Waals surface area contributed by atoms with Crippen molar-refractivity contribution in [3.05, 3.63) is 143 Å². The molecule has 10 nitrogen and oxygen atoms in total. The fraction of sp³-hybridized carbons (Fsp3) is 0.0909. The van der Waals surface area contributed by atoms with Crippen molar-refractivity contribution in [3.63, 3.8) is 0 Å². The largest absolute Gasteiger partial charge is 0.399 e. The molecule has 2 aliphatic carbocycles. The number of nitrogens with zero attached hydrogens (tertiary/aromatic N) is 2. The number of carbonyl (C=O) groups is 2. The SMILES string of the molecule is Cl.Cl.Cn1c2cc(=N)ccc-2c2ccc(N)cc2c1-c1cccc(C(=O)NCCNC(=O)c2cccc(-c3c4cc(N)ccc4c4ccc(=N)cc-4n3C)c2)c1. The summed E-state index contributed by atoms with van der Waals surface area (Å²) in [6.07, 6.45) is 0. The summed E-state index contributed by atoms with van der Waals surface area (Å²) in [4.78, 5) is 26.8. The van der Waals surface area contributed by atoms with Crippen LogP contribution < -0.4 is 32.8 Å². The Labute approximate surface area is 335 Å². The minimum absolute atomic E-state index is 0. The molecule has 0 bridgehead atoms. The van der Waals surface area contributed by atoms with Crippen molar-refractivity contribution in [1.29, 1.82) is 10.8 Å². The van der Waals surface area contributed by atoms with Gasteiger partial charge in [0.1, 0.15) is 0 Å². The number of nitrogens with one attached hydrogen (secondary N) is 4. The highest BCUT2D eigenvalue weighted by Gasteiger charge is 2.20. The Hall–Kier alpha value is -6.62. The van der Waals surface area contributed by atoms with Gasteiger partial charge in [-0.1, -0.05) is 48.5 Å². The maximum absolute atomic E-state index is 13.4. The summed E-state index contributed by atoms with van der Waals surface area (Å²) in [6.45, 7) is 0.450. The second-order valence-corrected chi connectivity index (χ2v) is 13.6. The highest BCUT2D eigenvalue weighted by atomic mass is 35.5. The number of aromatic nitrogens is 2. The van der Waals surface area contributed by atoms with Crippen LogP contribution in [0.1, 0.15) is 20.7 Å². The van der Waals surface area contributed by atoms with Gasteiger partial charge in [0.25, 0.3) is 11.8 Å². The molecule has 8 N–H and O–H groups in total. The Morgan fingerprint density at radius 1 is 0.536 bits per heavy atom. The monoisotopic (exact) mass is 782 g/mol. The Kier molecular flexibility index (Phi) is 10.9. The highest BCUT2D eigenvalue weighted by molar-refractivity contribution is 6.08. The Balaban J connectivity index is 0.00000266. The summed E-state index contributed by atoms with van der Waals surface area (Å²) in [5.74, 6) is -0.529. The molecule has 2 heterocycles. The molecule has 12 heteroatoms. The van der Waals surface area contributed by atoms with E-state index in [0.717, 1.165) is 66.6 Å². The van der Waals surface area contributed by atoms with E-state index in [4.69, 9.17) is 22.3 Å². The normalized spacial score (nSPS) is 11.0. The minimum atomic E-state index is -0.264. The predicted octanol–water partition coefficient (Wildman–Crippen LogP) is 7.34. The van der Waals surface area contributed by atoms with Crippen LogP contribution in [0.2, 0.25) is 0 Å². The van der Waals surface area contributed by atoms with Crippen molar-refractivity contribution in [2.45, 2.75) is 0 Å². The van der Waals surface area contributed by atoms with Crippen LogP contribution in [0.5, 0.6) is 0 Å². The highest BCUT2D eigenvalue weighted by Crippen LogP contribution is 2.40. The third-order valence-electron chi connectivity index (χ3n) is 10.1. The first kappa shape index (κ1) is 39.1. The van der Waals surface area contributed by atoms with Crippen LogP contribution in [0.25, 0.3) is 66.6 Å². The molecular weight excluding hydrogens is 743 g/mol. The van der Waals surface area contributed by atoms with Gasteiger partial charge in [-0.3, -0.25) is 9.59 Å². The number of carbonyl (C=O) groups excluding carboxylic acids is 2. The number of hydrogen-bond donors (Lipinski definition) is 6. The number of amides is 2. The van der Waals surface area contributed by atoms with Gasteiger partial charge in [0.05, 0.1) is 33.5 Å². The summed E-state index contributed by atoms with van der Waals surface area (Å²) in [5, 5.41) is 27.1. The van der Waals surface area contributed by atoms with Crippen molar-refractivity contribution in [2.75, 3.05) is 24.6 Å². The zero-order valence-corrected chi connectivity index (χ0v) is 32.3. The lowest BCUT2D eigenvalue weighted by atomic mass is 9.94.